The van der Waals surface area contributed by atoms with Gasteiger partial charge >= 0.3 is 5.76 Å². The zero-order valence-corrected chi connectivity index (χ0v) is 18.6. The second kappa shape index (κ2) is 8.00. The van der Waals surface area contributed by atoms with Crippen molar-refractivity contribution in [2.45, 2.75) is 19.9 Å². The van der Waals surface area contributed by atoms with Crippen LogP contribution >= 0.6 is 34.5 Å². The minimum atomic E-state index is -0.372. The second-order valence-corrected chi connectivity index (χ2v) is 8.68. The minimum absolute atomic E-state index is 0.372. The van der Waals surface area contributed by atoms with Gasteiger partial charge in [0.25, 0.3) is 0 Å². The fourth-order valence-corrected chi connectivity index (χ4v) is 4.90. The Hall–Kier alpha value is -2.87. The van der Waals surface area contributed by atoms with Crippen molar-refractivity contribution in [2.24, 2.45) is 0 Å². The van der Waals surface area contributed by atoms with E-state index in [0.29, 0.717) is 45.6 Å². The van der Waals surface area contributed by atoms with Crippen LogP contribution in [-0.4, -0.2) is 14.7 Å². The predicted octanol–water partition coefficient (Wildman–Crippen LogP) is 6.23. The van der Waals surface area contributed by atoms with Crippen LogP contribution in [0.5, 0.6) is 0 Å². The zero-order valence-electron chi connectivity index (χ0n) is 16.3. The van der Waals surface area contributed by atoms with E-state index in [1.165, 1.54) is 11.3 Å². The molecule has 156 valence electrons. The molecule has 0 unspecified atom stereocenters. The summed E-state index contributed by atoms with van der Waals surface area (Å²) >= 11 is 14.3. The fourth-order valence-electron chi connectivity index (χ4n) is 3.54. The highest BCUT2D eigenvalue weighted by Gasteiger charge is 2.23. The maximum Gasteiger partial charge on any atom is 0.419 e. The molecule has 0 radical (unpaired) electrons. The first-order valence-electron chi connectivity index (χ1n) is 9.46. The van der Waals surface area contributed by atoms with E-state index in [0.717, 1.165) is 21.8 Å². The first-order chi connectivity index (χ1) is 15.0. The molecule has 31 heavy (non-hydrogen) atoms. The summed E-state index contributed by atoms with van der Waals surface area (Å²) in [6.07, 6.45) is 0.584. The molecule has 0 aliphatic rings. The SMILES string of the molecule is Cc1onc(-c2c(Cl)cccc2Cl)c1-c1csc(CCn2c(=O)oc3ccccc32)n1. The van der Waals surface area contributed by atoms with Gasteiger partial charge in [-0.3, -0.25) is 4.57 Å². The number of aryl methyl sites for hydroxylation is 3. The van der Waals surface area contributed by atoms with Crippen LogP contribution in [0, 0.1) is 6.92 Å². The lowest BCUT2D eigenvalue weighted by molar-refractivity contribution is 0.400. The molecule has 3 aromatic heterocycles. The molecular formula is C22H15Cl2N3O3S. The van der Waals surface area contributed by atoms with Crippen LogP contribution in [0.15, 0.2) is 61.6 Å². The molecule has 9 heteroatoms. The number of fused-ring (bicyclic) bond motifs is 1. The van der Waals surface area contributed by atoms with Crippen molar-refractivity contribution in [3.8, 4) is 22.5 Å². The highest BCUT2D eigenvalue weighted by atomic mass is 35.5. The topological polar surface area (TPSA) is 74.1 Å². The highest BCUT2D eigenvalue weighted by molar-refractivity contribution is 7.09. The number of benzene rings is 2. The van der Waals surface area contributed by atoms with Crippen molar-refractivity contribution in [1.82, 2.24) is 14.7 Å². The van der Waals surface area contributed by atoms with Gasteiger partial charge in [0.1, 0.15) is 11.5 Å². The van der Waals surface area contributed by atoms with Gasteiger partial charge in [0.05, 0.1) is 31.8 Å². The van der Waals surface area contributed by atoms with Gasteiger partial charge in [-0.25, -0.2) is 9.78 Å². The third-order valence-electron chi connectivity index (χ3n) is 4.99. The summed E-state index contributed by atoms with van der Waals surface area (Å²) in [6.45, 7) is 2.29. The van der Waals surface area contributed by atoms with Gasteiger partial charge in [-0.2, -0.15) is 0 Å². The highest BCUT2D eigenvalue weighted by Crippen LogP contribution is 2.41. The summed E-state index contributed by atoms with van der Waals surface area (Å²) < 4.78 is 12.4. The molecule has 0 spiro atoms. The fraction of sp³-hybridized carbons (Fsp3) is 0.136. The van der Waals surface area contributed by atoms with Gasteiger partial charge in [-0.05, 0) is 31.2 Å². The van der Waals surface area contributed by atoms with Crippen LogP contribution in [0.3, 0.4) is 0 Å². The molecule has 0 N–H and O–H groups in total. The molecule has 2 aromatic carbocycles. The third-order valence-corrected chi connectivity index (χ3v) is 6.53. The molecule has 0 atom stereocenters. The van der Waals surface area contributed by atoms with Crippen molar-refractivity contribution < 1.29 is 8.94 Å². The molecule has 0 amide bonds. The van der Waals surface area contributed by atoms with Gasteiger partial charge in [-0.1, -0.05) is 46.6 Å². The van der Waals surface area contributed by atoms with Gasteiger partial charge in [0, 0.05) is 23.9 Å². The van der Waals surface area contributed by atoms with E-state index in [1.807, 2.05) is 30.5 Å². The Morgan fingerprint density at radius 1 is 1.06 bits per heavy atom. The summed E-state index contributed by atoms with van der Waals surface area (Å²) in [4.78, 5) is 17.0. The maximum absolute atomic E-state index is 12.2. The van der Waals surface area contributed by atoms with Crippen molar-refractivity contribution in [1.29, 1.82) is 0 Å². The number of aromatic nitrogens is 3. The second-order valence-electron chi connectivity index (χ2n) is 6.92. The molecule has 0 saturated heterocycles. The Labute approximate surface area is 190 Å². The van der Waals surface area contributed by atoms with Crippen LogP contribution in [0.2, 0.25) is 10.0 Å². The first kappa shape index (κ1) is 20.1. The van der Waals surface area contributed by atoms with Crippen LogP contribution < -0.4 is 5.76 Å². The van der Waals surface area contributed by atoms with Crippen molar-refractivity contribution in [2.75, 3.05) is 0 Å². The number of hydrogen-bond acceptors (Lipinski definition) is 6. The molecular weight excluding hydrogens is 457 g/mol. The van der Waals surface area contributed by atoms with Gasteiger partial charge in [-0.15, -0.1) is 11.3 Å². The lowest BCUT2D eigenvalue weighted by Gasteiger charge is -2.05. The number of hydrogen-bond donors (Lipinski definition) is 0. The molecule has 5 rings (SSSR count). The van der Waals surface area contributed by atoms with Crippen molar-refractivity contribution >= 4 is 45.6 Å². The van der Waals surface area contributed by atoms with Crippen molar-refractivity contribution in [3.63, 3.8) is 0 Å². The summed E-state index contributed by atoms with van der Waals surface area (Å²) in [7, 11) is 0. The largest absolute Gasteiger partial charge is 0.419 e. The number of oxazole rings is 1. The van der Waals surface area contributed by atoms with E-state index in [2.05, 4.69) is 5.16 Å². The average Bonchev–Trinajstić information content (AvgIpc) is 3.43. The Morgan fingerprint density at radius 3 is 2.65 bits per heavy atom. The molecule has 0 aliphatic carbocycles. The van der Waals surface area contributed by atoms with E-state index >= 15 is 0 Å². The minimum Gasteiger partial charge on any atom is -0.408 e. The lowest BCUT2D eigenvalue weighted by Crippen LogP contribution is -2.15. The number of rotatable bonds is 5. The van der Waals surface area contributed by atoms with E-state index in [-0.39, 0.29) is 5.76 Å². The molecule has 0 aliphatic heterocycles. The summed E-state index contributed by atoms with van der Waals surface area (Å²) in [6, 6.07) is 12.7. The number of thiazole rings is 1. The van der Waals surface area contributed by atoms with E-state index < -0.39 is 0 Å². The van der Waals surface area contributed by atoms with Gasteiger partial charge in [0.15, 0.2) is 5.58 Å². The molecule has 0 bridgehead atoms. The van der Waals surface area contributed by atoms with Crippen LogP contribution in [0.4, 0.5) is 0 Å². The van der Waals surface area contributed by atoms with Crippen LogP contribution in [-0.2, 0) is 13.0 Å². The first-order valence-corrected chi connectivity index (χ1v) is 11.1. The van der Waals surface area contributed by atoms with Gasteiger partial charge < -0.3 is 8.94 Å². The Balaban J connectivity index is 1.46. The molecule has 6 nitrogen and oxygen atoms in total. The zero-order chi connectivity index (χ0) is 21.5. The molecule has 0 fully saturated rings. The molecule has 5 aromatic rings. The standard InChI is InChI=1S/C22H15Cl2N3O3S/c1-12-19(21(26-30-12)20-13(23)5-4-6-14(20)24)15-11-31-18(25-15)9-10-27-16-7-2-3-8-17(16)29-22(27)28/h2-8,11H,9-10H2,1H3. The number of para-hydroxylation sites is 2. The molecule has 3 heterocycles. The predicted molar refractivity (Wildman–Crippen MR) is 122 cm³/mol. The van der Waals surface area contributed by atoms with Gasteiger partial charge in [0.2, 0.25) is 0 Å². The van der Waals surface area contributed by atoms with Crippen LogP contribution in [0.25, 0.3) is 33.6 Å². The van der Waals surface area contributed by atoms with Crippen molar-refractivity contribution in [3.05, 3.63) is 79.2 Å². The number of halogens is 2. The Morgan fingerprint density at radius 2 is 1.84 bits per heavy atom. The lowest BCUT2D eigenvalue weighted by atomic mass is 10.0. The van der Waals surface area contributed by atoms with E-state index in [9.17, 15) is 4.79 Å². The molecule has 0 saturated carbocycles. The third kappa shape index (κ3) is 3.59. The quantitative estimate of drug-likeness (QED) is 0.303. The smallest absolute Gasteiger partial charge is 0.408 e. The summed E-state index contributed by atoms with van der Waals surface area (Å²) in [5.74, 6) is 0.253. The Bertz CT molecular complexity index is 1440. The normalized spacial score (nSPS) is 11.5. The Kier molecular flexibility index (Phi) is 5.17. The summed E-state index contributed by atoms with van der Waals surface area (Å²) in [5.41, 5.74) is 4.01. The van der Waals surface area contributed by atoms with E-state index in [1.54, 1.807) is 28.8 Å². The van der Waals surface area contributed by atoms with Crippen LogP contribution in [0.1, 0.15) is 10.8 Å². The average molecular weight is 472 g/mol. The maximum atomic E-state index is 12.2. The monoisotopic (exact) mass is 471 g/mol. The number of nitrogens with zero attached hydrogens (tertiary/aromatic N) is 3. The van der Waals surface area contributed by atoms with E-state index in [4.69, 9.17) is 37.1 Å². The summed E-state index contributed by atoms with van der Waals surface area (Å²) in [5, 5.41) is 7.99.